The van der Waals surface area contributed by atoms with E-state index in [9.17, 15) is 8.42 Å². The molecule has 1 aliphatic heterocycles. The van der Waals surface area contributed by atoms with Crippen LogP contribution in [0.1, 0.15) is 19.1 Å². The van der Waals surface area contributed by atoms with Gasteiger partial charge in [0.15, 0.2) is 4.67 Å². The molecule has 0 radical (unpaired) electrons. The van der Waals surface area contributed by atoms with Crippen LogP contribution in [0.3, 0.4) is 0 Å². The summed E-state index contributed by atoms with van der Waals surface area (Å²) in [6.45, 7) is 3.74. The predicted molar refractivity (Wildman–Crippen MR) is 71.7 cm³/mol. The Morgan fingerprint density at radius 1 is 1.61 bits per heavy atom. The highest BCUT2D eigenvalue weighted by molar-refractivity contribution is 9.10. The molecule has 1 aromatic heterocycles. The van der Waals surface area contributed by atoms with E-state index in [1.807, 2.05) is 0 Å². The second-order valence-corrected chi connectivity index (χ2v) is 7.26. The minimum absolute atomic E-state index is 0.224. The van der Waals surface area contributed by atoms with E-state index < -0.39 is 10.0 Å². The molecule has 1 saturated heterocycles. The van der Waals surface area contributed by atoms with Crippen LogP contribution in [0.15, 0.2) is 20.0 Å². The zero-order valence-corrected chi connectivity index (χ0v) is 12.8. The van der Waals surface area contributed by atoms with Gasteiger partial charge in [-0.25, -0.2) is 8.42 Å². The van der Waals surface area contributed by atoms with Gasteiger partial charge in [-0.15, -0.1) is 0 Å². The Bertz CT molecular complexity index is 526. The van der Waals surface area contributed by atoms with Gasteiger partial charge < -0.3 is 9.73 Å². The number of halogens is 1. The molecule has 1 aliphatic rings. The monoisotopic (exact) mass is 336 g/mol. The van der Waals surface area contributed by atoms with Gasteiger partial charge >= 0.3 is 0 Å². The Morgan fingerprint density at radius 2 is 2.33 bits per heavy atom. The smallest absolute Gasteiger partial charge is 0.247 e. The van der Waals surface area contributed by atoms with Gasteiger partial charge in [0.05, 0.1) is 6.54 Å². The molecule has 5 nitrogen and oxygen atoms in total. The topological polar surface area (TPSA) is 62.6 Å². The fourth-order valence-electron chi connectivity index (χ4n) is 2.09. The Kier molecular flexibility index (Phi) is 4.15. The lowest BCUT2D eigenvalue weighted by Gasteiger charge is -2.14. The van der Waals surface area contributed by atoms with Crippen molar-refractivity contribution in [2.24, 2.45) is 5.92 Å². The summed E-state index contributed by atoms with van der Waals surface area (Å²) in [6.07, 6.45) is 0.915. The molecule has 0 saturated carbocycles. The van der Waals surface area contributed by atoms with Crippen molar-refractivity contribution in [1.29, 1.82) is 0 Å². The number of hydrogen-bond acceptors (Lipinski definition) is 4. The van der Waals surface area contributed by atoms with Gasteiger partial charge in [-0.05, 0) is 35.3 Å². The Labute approximate surface area is 116 Å². The number of nitrogens with zero attached hydrogens (tertiary/aromatic N) is 1. The average molecular weight is 337 g/mol. The van der Waals surface area contributed by atoms with E-state index in [-0.39, 0.29) is 9.56 Å². The van der Waals surface area contributed by atoms with E-state index in [0.717, 1.165) is 6.42 Å². The number of nitrogens with one attached hydrogen (secondary N) is 1. The van der Waals surface area contributed by atoms with Crippen molar-refractivity contribution >= 4 is 26.0 Å². The van der Waals surface area contributed by atoms with Gasteiger partial charge in [0.1, 0.15) is 10.7 Å². The Morgan fingerprint density at radius 3 is 2.89 bits per heavy atom. The average Bonchev–Trinajstić information content (AvgIpc) is 2.86. The lowest BCUT2D eigenvalue weighted by atomic mass is 10.2. The summed E-state index contributed by atoms with van der Waals surface area (Å²) in [5, 5.41) is 2.93. The molecule has 1 unspecified atom stereocenters. The van der Waals surface area contributed by atoms with Crippen LogP contribution in [0, 0.1) is 5.92 Å². The fourth-order valence-corrected chi connectivity index (χ4v) is 4.62. The van der Waals surface area contributed by atoms with Gasteiger partial charge in [0.2, 0.25) is 10.0 Å². The molecule has 102 valence electrons. The number of sulfonamides is 1. The highest BCUT2D eigenvalue weighted by Crippen LogP contribution is 2.31. The van der Waals surface area contributed by atoms with E-state index in [1.54, 1.807) is 13.1 Å². The second-order valence-electron chi connectivity index (χ2n) is 4.64. The summed E-state index contributed by atoms with van der Waals surface area (Å²) in [5.74, 6) is 1.03. The first kappa shape index (κ1) is 14.0. The minimum Gasteiger partial charge on any atom is -0.452 e. The standard InChI is InChI=1S/C11H17BrN2O3S/c1-8-3-4-14(7-8)18(15,16)10-5-9(6-13-2)17-11(10)12/h5,8,13H,3-4,6-7H2,1-2H3. The molecule has 1 fully saturated rings. The van der Waals surface area contributed by atoms with Gasteiger partial charge in [-0.2, -0.15) is 4.31 Å². The lowest BCUT2D eigenvalue weighted by molar-refractivity contribution is 0.453. The summed E-state index contributed by atoms with van der Waals surface area (Å²) < 4.78 is 32.1. The van der Waals surface area contributed by atoms with E-state index in [4.69, 9.17) is 4.42 Å². The van der Waals surface area contributed by atoms with Crippen molar-refractivity contribution in [2.75, 3.05) is 20.1 Å². The van der Waals surface area contributed by atoms with Gasteiger partial charge in [0.25, 0.3) is 0 Å². The van der Waals surface area contributed by atoms with Crippen molar-refractivity contribution in [3.8, 4) is 0 Å². The molecular formula is C11H17BrN2O3S. The first-order valence-corrected chi connectivity index (χ1v) is 8.11. The van der Waals surface area contributed by atoms with Crippen LogP contribution in [0.25, 0.3) is 0 Å². The molecular weight excluding hydrogens is 320 g/mol. The lowest BCUT2D eigenvalue weighted by Crippen LogP contribution is -2.28. The molecule has 0 aromatic carbocycles. The molecule has 1 aromatic rings. The van der Waals surface area contributed by atoms with Gasteiger partial charge in [-0.3, -0.25) is 0 Å². The summed E-state index contributed by atoms with van der Waals surface area (Å²) in [6, 6.07) is 1.58. The maximum atomic E-state index is 12.4. The van der Waals surface area contributed by atoms with E-state index in [1.165, 1.54) is 4.31 Å². The van der Waals surface area contributed by atoms with Crippen LogP contribution < -0.4 is 5.32 Å². The SMILES string of the molecule is CNCc1cc(S(=O)(=O)N2CCC(C)C2)c(Br)o1. The molecule has 2 heterocycles. The van der Waals surface area contributed by atoms with Crippen LogP contribution >= 0.6 is 15.9 Å². The highest BCUT2D eigenvalue weighted by Gasteiger charge is 2.33. The first-order valence-electron chi connectivity index (χ1n) is 5.88. The molecule has 0 aliphatic carbocycles. The maximum Gasteiger partial charge on any atom is 0.247 e. The molecule has 0 spiro atoms. The van der Waals surface area contributed by atoms with Crippen molar-refractivity contribution in [1.82, 2.24) is 9.62 Å². The molecule has 18 heavy (non-hydrogen) atoms. The predicted octanol–water partition coefficient (Wildman–Crippen LogP) is 1.79. The number of rotatable bonds is 4. The van der Waals surface area contributed by atoms with Crippen LogP contribution in [-0.4, -0.2) is 32.9 Å². The third-order valence-electron chi connectivity index (χ3n) is 3.06. The third-order valence-corrected chi connectivity index (χ3v) is 5.78. The zero-order valence-electron chi connectivity index (χ0n) is 10.4. The summed E-state index contributed by atoms with van der Waals surface area (Å²) >= 11 is 3.18. The van der Waals surface area contributed by atoms with Gasteiger partial charge in [-0.1, -0.05) is 6.92 Å². The number of furan rings is 1. The van der Waals surface area contributed by atoms with E-state index in [0.29, 0.717) is 31.3 Å². The maximum absolute atomic E-state index is 12.4. The van der Waals surface area contributed by atoms with Gasteiger partial charge in [0, 0.05) is 19.2 Å². The van der Waals surface area contributed by atoms with Crippen LogP contribution in [-0.2, 0) is 16.6 Å². The molecule has 1 N–H and O–H groups in total. The molecule has 7 heteroatoms. The van der Waals surface area contributed by atoms with Crippen LogP contribution in [0.5, 0.6) is 0 Å². The summed E-state index contributed by atoms with van der Waals surface area (Å²) in [4.78, 5) is 0.224. The second kappa shape index (κ2) is 5.32. The van der Waals surface area contributed by atoms with Crippen molar-refractivity contribution in [3.05, 3.63) is 16.5 Å². The molecule has 0 bridgehead atoms. The third kappa shape index (κ3) is 2.64. The fraction of sp³-hybridized carbons (Fsp3) is 0.636. The van der Waals surface area contributed by atoms with Crippen LogP contribution in [0.4, 0.5) is 0 Å². The quantitative estimate of drug-likeness (QED) is 0.910. The largest absolute Gasteiger partial charge is 0.452 e. The van der Waals surface area contributed by atoms with E-state index >= 15 is 0 Å². The van der Waals surface area contributed by atoms with E-state index in [2.05, 4.69) is 28.2 Å². The highest BCUT2D eigenvalue weighted by atomic mass is 79.9. The molecule has 1 atom stereocenters. The summed E-state index contributed by atoms with van der Waals surface area (Å²) in [7, 11) is -1.65. The van der Waals surface area contributed by atoms with Crippen molar-refractivity contribution < 1.29 is 12.8 Å². The first-order chi connectivity index (χ1) is 8.45. The zero-order chi connectivity index (χ0) is 13.3. The van der Waals surface area contributed by atoms with Crippen molar-refractivity contribution in [3.63, 3.8) is 0 Å². The Balaban J connectivity index is 2.29. The molecule has 2 rings (SSSR count). The Hall–Kier alpha value is -0.370. The minimum atomic E-state index is -3.43. The normalized spacial score (nSPS) is 21.6. The van der Waals surface area contributed by atoms with Crippen LogP contribution in [0.2, 0.25) is 0 Å². The van der Waals surface area contributed by atoms with Crippen molar-refractivity contribution in [2.45, 2.75) is 24.8 Å². The summed E-state index contributed by atoms with van der Waals surface area (Å²) in [5.41, 5.74) is 0. The molecule has 0 amide bonds. The number of hydrogen-bond donors (Lipinski definition) is 1.